The molecule has 2 aliphatic heterocycles. The van der Waals surface area contributed by atoms with Gasteiger partial charge in [0.1, 0.15) is 0 Å². The lowest BCUT2D eigenvalue weighted by Gasteiger charge is -2.32. The molecule has 0 bridgehead atoms. The zero-order chi connectivity index (χ0) is 17.4. The number of halogens is 3. The minimum Gasteiger partial charge on any atom is -0.379 e. The first-order chi connectivity index (χ1) is 12.0. The average Bonchev–Trinajstić information content (AvgIpc) is 3.10. The van der Waals surface area contributed by atoms with Gasteiger partial charge in [-0.3, -0.25) is 9.88 Å². The normalized spacial score (nSPS) is 22.7. The summed E-state index contributed by atoms with van der Waals surface area (Å²) in [7, 11) is 0. The molecule has 3 heterocycles. The van der Waals surface area contributed by atoms with Crippen molar-refractivity contribution in [2.45, 2.75) is 18.6 Å². The molecule has 2 saturated heterocycles. The average molecular weight is 351 g/mol. The van der Waals surface area contributed by atoms with Crippen LogP contribution >= 0.6 is 0 Å². The topological polar surface area (TPSA) is 28.6 Å². The van der Waals surface area contributed by atoms with Crippen molar-refractivity contribution in [3.8, 4) is 0 Å². The highest BCUT2D eigenvalue weighted by atomic mass is 19.4. The van der Waals surface area contributed by atoms with Crippen molar-refractivity contribution in [2.24, 2.45) is 0 Å². The number of hydrogen-bond acceptors (Lipinski definition) is 4. The predicted molar refractivity (Wildman–Crippen MR) is 89.8 cm³/mol. The molecule has 2 fully saturated rings. The third kappa shape index (κ3) is 3.30. The molecule has 0 radical (unpaired) electrons. The van der Waals surface area contributed by atoms with Crippen molar-refractivity contribution < 1.29 is 17.9 Å². The predicted octanol–water partition coefficient (Wildman–Crippen LogP) is 3.16. The molecule has 1 aromatic heterocycles. The van der Waals surface area contributed by atoms with E-state index < -0.39 is 11.7 Å². The molecule has 0 spiro atoms. The second kappa shape index (κ2) is 6.46. The molecule has 1 unspecified atom stereocenters. The first kappa shape index (κ1) is 16.6. The standard InChI is InChI=1S/C18H20F3N3O/c19-18(20,21)13-1-2-15-16(11-13)22-5-3-17(15)24-6-4-14(12-24)23-7-9-25-10-8-23/h1-3,5,11,14H,4,6-10,12H2. The van der Waals surface area contributed by atoms with E-state index in [2.05, 4.69) is 14.8 Å². The summed E-state index contributed by atoms with van der Waals surface area (Å²) in [5.41, 5.74) is 0.703. The van der Waals surface area contributed by atoms with Crippen LogP contribution in [0.1, 0.15) is 12.0 Å². The largest absolute Gasteiger partial charge is 0.416 e. The van der Waals surface area contributed by atoms with E-state index in [-0.39, 0.29) is 0 Å². The van der Waals surface area contributed by atoms with Crippen LogP contribution < -0.4 is 4.90 Å². The molecule has 4 nitrogen and oxygen atoms in total. The van der Waals surface area contributed by atoms with Crippen LogP contribution in [0.15, 0.2) is 30.5 Å². The van der Waals surface area contributed by atoms with E-state index in [9.17, 15) is 13.2 Å². The van der Waals surface area contributed by atoms with Gasteiger partial charge in [-0.2, -0.15) is 13.2 Å². The molecule has 2 aromatic rings. The highest BCUT2D eigenvalue weighted by Gasteiger charge is 2.32. The minimum atomic E-state index is -4.35. The molecule has 0 amide bonds. The fraction of sp³-hybridized carbons (Fsp3) is 0.500. The minimum absolute atomic E-state index is 0.391. The smallest absolute Gasteiger partial charge is 0.379 e. The Labute approximate surface area is 144 Å². The summed E-state index contributed by atoms with van der Waals surface area (Å²) in [4.78, 5) is 8.86. The van der Waals surface area contributed by atoms with Gasteiger partial charge in [-0.1, -0.05) is 6.07 Å². The number of benzene rings is 1. The van der Waals surface area contributed by atoms with Gasteiger partial charge in [0.15, 0.2) is 0 Å². The number of ether oxygens (including phenoxy) is 1. The quantitative estimate of drug-likeness (QED) is 0.831. The van der Waals surface area contributed by atoms with Crippen LogP contribution in [0.25, 0.3) is 10.9 Å². The molecule has 7 heteroatoms. The Hall–Kier alpha value is -1.86. The molecule has 1 atom stereocenters. The number of hydrogen-bond donors (Lipinski definition) is 0. The van der Waals surface area contributed by atoms with E-state index in [1.54, 1.807) is 12.3 Å². The molecule has 0 saturated carbocycles. The molecule has 0 aliphatic carbocycles. The van der Waals surface area contributed by atoms with Gasteiger partial charge < -0.3 is 9.64 Å². The van der Waals surface area contributed by atoms with Gasteiger partial charge >= 0.3 is 6.18 Å². The maximum absolute atomic E-state index is 12.9. The molecule has 0 N–H and O–H groups in total. The summed E-state index contributed by atoms with van der Waals surface area (Å²) >= 11 is 0. The van der Waals surface area contributed by atoms with Crippen LogP contribution in [-0.2, 0) is 10.9 Å². The van der Waals surface area contributed by atoms with Gasteiger partial charge in [-0.05, 0) is 24.6 Å². The van der Waals surface area contributed by atoms with E-state index in [1.807, 2.05) is 6.07 Å². The maximum atomic E-state index is 12.9. The fourth-order valence-corrected chi connectivity index (χ4v) is 3.79. The first-order valence-corrected chi connectivity index (χ1v) is 8.55. The molecule has 134 valence electrons. The van der Waals surface area contributed by atoms with Crippen molar-refractivity contribution in [1.82, 2.24) is 9.88 Å². The van der Waals surface area contributed by atoms with Crippen molar-refractivity contribution in [3.05, 3.63) is 36.0 Å². The molecule has 4 rings (SSSR count). The highest BCUT2D eigenvalue weighted by Crippen LogP contribution is 2.34. The maximum Gasteiger partial charge on any atom is 0.416 e. The molecule has 25 heavy (non-hydrogen) atoms. The number of anilines is 1. The third-order valence-corrected chi connectivity index (χ3v) is 5.11. The Morgan fingerprint density at radius 1 is 1.08 bits per heavy atom. The van der Waals surface area contributed by atoms with E-state index in [4.69, 9.17) is 4.74 Å². The lowest BCUT2D eigenvalue weighted by molar-refractivity contribution is -0.137. The number of alkyl halides is 3. The summed E-state index contributed by atoms with van der Waals surface area (Å²) < 4.78 is 44.2. The van der Waals surface area contributed by atoms with Gasteiger partial charge in [-0.15, -0.1) is 0 Å². The lowest BCUT2D eigenvalue weighted by atomic mass is 10.1. The zero-order valence-corrected chi connectivity index (χ0v) is 13.8. The number of fused-ring (bicyclic) bond motifs is 1. The second-order valence-electron chi connectivity index (χ2n) is 6.60. The molecular formula is C18H20F3N3O. The van der Waals surface area contributed by atoms with Crippen LogP contribution in [0.5, 0.6) is 0 Å². The summed E-state index contributed by atoms with van der Waals surface area (Å²) in [6.07, 6.45) is -1.69. The Morgan fingerprint density at radius 3 is 2.64 bits per heavy atom. The SMILES string of the molecule is FC(F)(F)c1ccc2c(N3CCC(N4CCOCC4)C3)ccnc2c1. The van der Waals surface area contributed by atoms with E-state index >= 15 is 0 Å². The van der Waals surface area contributed by atoms with Crippen LogP contribution in [0.3, 0.4) is 0 Å². The number of rotatable bonds is 2. The van der Waals surface area contributed by atoms with Gasteiger partial charge in [0.2, 0.25) is 0 Å². The number of nitrogens with zero attached hydrogens (tertiary/aromatic N) is 3. The number of morpholine rings is 1. The Bertz CT molecular complexity index is 759. The van der Waals surface area contributed by atoms with Gasteiger partial charge in [0.25, 0.3) is 0 Å². The lowest BCUT2D eigenvalue weighted by Crippen LogP contribution is -2.44. The van der Waals surface area contributed by atoms with E-state index in [1.165, 1.54) is 0 Å². The molecule has 2 aliphatic rings. The van der Waals surface area contributed by atoms with Crippen molar-refractivity contribution >= 4 is 16.6 Å². The third-order valence-electron chi connectivity index (χ3n) is 5.11. The van der Waals surface area contributed by atoms with Gasteiger partial charge in [0, 0.05) is 49.5 Å². The summed E-state index contributed by atoms with van der Waals surface area (Å²) in [5.74, 6) is 0. The van der Waals surface area contributed by atoms with Crippen LogP contribution in [0.2, 0.25) is 0 Å². The van der Waals surface area contributed by atoms with Crippen LogP contribution in [-0.4, -0.2) is 55.3 Å². The second-order valence-corrected chi connectivity index (χ2v) is 6.60. The Balaban J connectivity index is 1.59. The highest BCUT2D eigenvalue weighted by molar-refractivity contribution is 5.92. The van der Waals surface area contributed by atoms with E-state index in [0.29, 0.717) is 11.6 Å². The first-order valence-electron chi connectivity index (χ1n) is 8.55. The monoisotopic (exact) mass is 351 g/mol. The summed E-state index contributed by atoms with van der Waals surface area (Å²) in [5, 5.41) is 0.776. The molecule has 1 aromatic carbocycles. The van der Waals surface area contributed by atoms with Gasteiger partial charge in [-0.25, -0.2) is 0 Å². The summed E-state index contributed by atoms with van der Waals surface area (Å²) in [6, 6.07) is 6.19. The van der Waals surface area contributed by atoms with E-state index in [0.717, 1.165) is 69.0 Å². The van der Waals surface area contributed by atoms with Crippen LogP contribution in [0, 0.1) is 0 Å². The molecular weight excluding hydrogens is 331 g/mol. The van der Waals surface area contributed by atoms with Crippen molar-refractivity contribution in [1.29, 1.82) is 0 Å². The van der Waals surface area contributed by atoms with Crippen molar-refractivity contribution in [3.63, 3.8) is 0 Å². The number of aromatic nitrogens is 1. The van der Waals surface area contributed by atoms with Crippen LogP contribution in [0.4, 0.5) is 18.9 Å². The fourth-order valence-electron chi connectivity index (χ4n) is 3.79. The van der Waals surface area contributed by atoms with Gasteiger partial charge in [0.05, 0.1) is 24.3 Å². The zero-order valence-electron chi connectivity index (χ0n) is 13.8. The van der Waals surface area contributed by atoms with Crippen molar-refractivity contribution in [2.75, 3.05) is 44.3 Å². The summed E-state index contributed by atoms with van der Waals surface area (Å²) in [6.45, 7) is 5.24. The Kier molecular flexibility index (Phi) is 4.29. The number of pyridine rings is 1. The Morgan fingerprint density at radius 2 is 1.88 bits per heavy atom.